The number of fused-ring (bicyclic) bond motifs is 1. The van der Waals surface area contributed by atoms with Crippen LogP contribution in [-0.2, 0) is 16.1 Å². The van der Waals surface area contributed by atoms with Gasteiger partial charge in [-0.2, -0.15) is 4.98 Å². The third-order valence-corrected chi connectivity index (χ3v) is 4.38. The van der Waals surface area contributed by atoms with Crippen molar-refractivity contribution in [2.75, 3.05) is 25.3 Å². The third kappa shape index (κ3) is 8.00. The number of nitrogen functional groups attached to an aromatic ring is 1. The van der Waals surface area contributed by atoms with Gasteiger partial charge in [-0.25, -0.2) is 4.98 Å². The van der Waals surface area contributed by atoms with E-state index in [0.717, 1.165) is 36.4 Å². The number of ether oxygens (including phenoxy) is 2. The molecule has 3 aromatic rings. The van der Waals surface area contributed by atoms with E-state index in [4.69, 9.17) is 40.0 Å². The zero-order valence-electron chi connectivity index (χ0n) is 19.8. The molecule has 11 heteroatoms. The van der Waals surface area contributed by atoms with Crippen molar-refractivity contribution < 1.29 is 29.3 Å². The van der Waals surface area contributed by atoms with Crippen LogP contribution in [0, 0.1) is 0 Å². The second kappa shape index (κ2) is 12.5. The number of aromatic nitrogens is 2. The van der Waals surface area contributed by atoms with Gasteiger partial charge in [-0.15, -0.1) is 0 Å². The summed E-state index contributed by atoms with van der Waals surface area (Å²) >= 11 is 0. The zero-order valence-corrected chi connectivity index (χ0v) is 19.8. The molecule has 2 heterocycles. The van der Waals surface area contributed by atoms with Crippen molar-refractivity contribution in [2.45, 2.75) is 20.4 Å². The standard InChI is InChI=1S/C20H19N5O2.2C2H4O2/c1-26-16-6-4-12(9-17(16)27-2)19-15-10-14(5-3-13(15)11-23-19)24-18-7-8-22-20(21)25-18;2*1-2(3)4/h3-10H,11H2,1-2H3,(H3,21,22,24,25);2*1H3,(H,3,4). The lowest BCUT2D eigenvalue weighted by Gasteiger charge is -2.12. The van der Waals surface area contributed by atoms with Gasteiger partial charge in [0.15, 0.2) is 11.5 Å². The maximum atomic E-state index is 9.00. The van der Waals surface area contributed by atoms with Crippen molar-refractivity contribution in [1.29, 1.82) is 0 Å². The van der Waals surface area contributed by atoms with E-state index in [-0.39, 0.29) is 5.95 Å². The Morgan fingerprint density at radius 1 is 0.971 bits per heavy atom. The van der Waals surface area contributed by atoms with Crippen LogP contribution in [0.1, 0.15) is 30.5 Å². The summed E-state index contributed by atoms with van der Waals surface area (Å²) in [5.74, 6) is 0.576. The topological polar surface area (TPSA) is 169 Å². The lowest BCUT2D eigenvalue weighted by molar-refractivity contribution is -0.135. The van der Waals surface area contributed by atoms with Gasteiger partial charge in [0.2, 0.25) is 5.95 Å². The molecule has 0 aliphatic carbocycles. The van der Waals surface area contributed by atoms with E-state index < -0.39 is 11.9 Å². The Labute approximate surface area is 202 Å². The number of aliphatic carboxylic acids is 2. The Balaban J connectivity index is 0.000000473. The quantitative estimate of drug-likeness (QED) is 0.424. The van der Waals surface area contributed by atoms with E-state index in [1.165, 1.54) is 5.56 Å². The molecular weight excluding hydrogens is 454 g/mol. The summed E-state index contributed by atoms with van der Waals surface area (Å²) in [5.41, 5.74) is 10.7. The molecule has 0 fully saturated rings. The van der Waals surface area contributed by atoms with E-state index >= 15 is 0 Å². The first-order valence-corrected chi connectivity index (χ1v) is 10.3. The molecule has 11 nitrogen and oxygen atoms in total. The number of aliphatic imine (C=N–C) groups is 1. The molecule has 0 atom stereocenters. The van der Waals surface area contributed by atoms with Crippen LogP contribution in [-0.4, -0.2) is 52.1 Å². The van der Waals surface area contributed by atoms with Gasteiger partial charge in [-0.05, 0) is 42.0 Å². The first-order valence-electron chi connectivity index (χ1n) is 10.3. The molecule has 0 unspecified atom stereocenters. The maximum Gasteiger partial charge on any atom is 0.300 e. The van der Waals surface area contributed by atoms with E-state index in [9.17, 15) is 0 Å². The molecule has 0 radical (unpaired) electrons. The van der Waals surface area contributed by atoms with Crippen LogP contribution in [0.3, 0.4) is 0 Å². The molecule has 1 aromatic heterocycles. The van der Waals surface area contributed by atoms with Gasteiger partial charge < -0.3 is 30.7 Å². The largest absolute Gasteiger partial charge is 0.493 e. The SMILES string of the molecule is CC(=O)O.CC(=O)O.COc1ccc(C2=NCc3ccc(Nc4ccnc(N)n4)cc32)cc1OC. The van der Waals surface area contributed by atoms with E-state index in [0.29, 0.717) is 23.9 Å². The van der Waals surface area contributed by atoms with Gasteiger partial charge in [-0.3, -0.25) is 14.6 Å². The number of nitrogens with one attached hydrogen (secondary N) is 1. The highest BCUT2D eigenvalue weighted by Crippen LogP contribution is 2.32. The summed E-state index contributed by atoms with van der Waals surface area (Å²) in [6.07, 6.45) is 1.62. The molecule has 5 N–H and O–H groups in total. The molecule has 184 valence electrons. The Hall–Kier alpha value is -4.67. The number of nitrogens with two attached hydrogens (primary N) is 1. The fourth-order valence-electron chi connectivity index (χ4n) is 3.08. The number of benzene rings is 2. The van der Waals surface area contributed by atoms with Gasteiger partial charge in [0, 0.05) is 36.9 Å². The normalized spacial score (nSPS) is 10.9. The minimum atomic E-state index is -0.833. The van der Waals surface area contributed by atoms with Crippen LogP contribution in [0.5, 0.6) is 11.5 Å². The van der Waals surface area contributed by atoms with Crippen molar-refractivity contribution in [3.05, 3.63) is 65.4 Å². The average molecular weight is 482 g/mol. The number of rotatable bonds is 5. The number of anilines is 3. The van der Waals surface area contributed by atoms with Gasteiger partial charge >= 0.3 is 0 Å². The number of carbonyl (C=O) groups is 2. The van der Waals surface area contributed by atoms with Crippen molar-refractivity contribution in [2.24, 2.45) is 4.99 Å². The molecule has 4 rings (SSSR count). The number of nitrogens with zero attached hydrogens (tertiary/aromatic N) is 3. The fourth-order valence-corrected chi connectivity index (χ4v) is 3.08. The first-order chi connectivity index (χ1) is 16.6. The molecule has 0 bridgehead atoms. The highest BCUT2D eigenvalue weighted by molar-refractivity contribution is 6.15. The minimum Gasteiger partial charge on any atom is -0.493 e. The van der Waals surface area contributed by atoms with Crippen molar-refractivity contribution in [3.63, 3.8) is 0 Å². The van der Waals surface area contributed by atoms with Crippen LogP contribution < -0.4 is 20.5 Å². The van der Waals surface area contributed by atoms with E-state index in [1.807, 2.05) is 24.3 Å². The third-order valence-electron chi connectivity index (χ3n) is 4.38. The van der Waals surface area contributed by atoms with Crippen LogP contribution in [0.2, 0.25) is 0 Å². The summed E-state index contributed by atoms with van der Waals surface area (Å²) in [6, 6.07) is 13.7. The Morgan fingerprint density at radius 2 is 1.63 bits per heavy atom. The molecule has 0 spiro atoms. The smallest absolute Gasteiger partial charge is 0.300 e. The van der Waals surface area contributed by atoms with Crippen molar-refractivity contribution >= 4 is 35.1 Å². The van der Waals surface area contributed by atoms with Crippen LogP contribution in [0.15, 0.2) is 53.7 Å². The number of carboxylic acids is 2. The van der Waals surface area contributed by atoms with E-state index in [1.54, 1.807) is 26.5 Å². The lowest BCUT2D eigenvalue weighted by Crippen LogP contribution is -2.04. The predicted molar refractivity (Wildman–Crippen MR) is 132 cm³/mol. The van der Waals surface area contributed by atoms with Gasteiger partial charge in [0.1, 0.15) is 5.82 Å². The number of hydrogen-bond acceptors (Lipinski definition) is 9. The zero-order chi connectivity index (χ0) is 26.0. The number of hydrogen-bond donors (Lipinski definition) is 4. The molecule has 0 amide bonds. The molecular formula is C24H27N5O6. The van der Waals surface area contributed by atoms with Gasteiger partial charge in [-0.1, -0.05) is 6.07 Å². The summed E-state index contributed by atoms with van der Waals surface area (Å²) < 4.78 is 10.7. The lowest BCUT2D eigenvalue weighted by atomic mass is 9.99. The highest BCUT2D eigenvalue weighted by Gasteiger charge is 2.19. The second-order valence-electron chi connectivity index (χ2n) is 7.07. The summed E-state index contributed by atoms with van der Waals surface area (Å²) in [6.45, 7) is 2.82. The Kier molecular flexibility index (Phi) is 9.52. The number of methoxy groups -OCH3 is 2. The van der Waals surface area contributed by atoms with Crippen LogP contribution in [0.25, 0.3) is 0 Å². The number of carboxylic acid groups (broad SMARTS) is 2. The predicted octanol–water partition coefficient (Wildman–Crippen LogP) is 3.35. The van der Waals surface area contributed by atoms with Gasteiger partial charge in [0.25, 0.3) is 11.9 Å². The van der Waals surface area contributed by atoms with Gasteiger partial charge in [0.05, 0.1) is 26.5 Å². The molecule has 0 saturated heterocycles. The summed E-state index contributed by atoms with van der Waals surface area (Å²) in [4.78, 5) is 30.8. The molecule has 1 aliphatic rings. The second-order valence-corrected chi connectivity index (χ2v) is 7.07. The van der Waals surface area contributed by atoms with E-state index in [2.05, 4.69) is 27.4 Å². The molecule has 0 saturated carbocycles. The fraction of sp³-hybridized carbons (Fsp3) is 0.208. The Morgan fingerprint density at radius 3 is 2.23 bits per heavy atom. The van der Waals surface area contributed by atoms with Crippen molar-refractivity contribution in [3.8, 4) is 11.5 Å². The van der Waals surface area contributed by atoms with Crippen LogP contribution in [0.4, 0.5) is 17.5 Å². The maximum absolute atomic E-state index is 9.00. The Bertz CT molecular complexity index is 1210. The average Bonchev–Trinajstić information content (AvgIpc) is 3.21. The molecule has 35 heavy (non-hydrogen) atoms. The highest BCUT2D eigenvalue weighted by atomic mass is 16.5. The molecule has 1 aliphatic heterocycles. The van der Waals surface area contributed by atoms with Crippen LogP contribution >= 0.6 is 0 Å². The minimum absolute atomic E-state index is 0.230. The summed E-state index contributed by atoms with van der Waals surface area (Å²) in [7, 11) is 3.25. The summed E-state index contributed by atoms with van der Waals surface area (Å²) in [5, 5.41) is 18.1. The monoisotopic (exact) mass is 481 g/mol. The van der Waals surface area contributed by atoms with Crippen molar-refractivity contribution in [1.82, 2.24) is 9.97 Å². The molecule has 2 aromatic carbocycles. The first kappa shape index (κ1) is 26.6.